The Morgan fingerprint density at radius 2 is 1.95 bits per heavy atom. The number of nitrogens with one attached hydrogen (secondary N) is 1. The van der Waals surface area contributed by atoms with Crippen LogP contribution in [0.25, 0.3) is 0 Å². The first-order chi connectivity index (χ1) is 9.79. The molecule has 0 aliphatic heterocycles. The third-order valence-corrected chi connectivity index (χ3v) is 3.01. The van der Waals surface area contributed by atoms with Gasteiger partial charge in [0.05, 0.1) is 13.4 Å². The van der Waals surface area contributed by atoms with Gasteiger partial charge in [0.25, 0.3) is 0 Å². The van der Waals surface area contributed by atoms with Gasteiger partial charge in [-0.15, -0.1) is 0 Å². The molecular weight excluding hydrogens is 254 g/mol. The lowest BCUT2D eigenvalue weighted by Crippen LogP contribution is -2.31. The van der Waals surface area contributed by atoms with Crippen molar-refractivity contribution in [2.24, 2.45) is 0 Å². The van der Waals surface area contributed by atoms with Crippen LogP contribution in [-0.2, 0) is 6.42 Å². The molecule has 1 N–H and O–H groups in total. The van der Waals surface area contributed by atoms with Gasteiger partial charge in [-0.25, -0.2) is 0 Å². The van der Waals surface area contributed by atoms with Crippen molar-refractivity contribution in [2.75, 3.05) is 20.3 Å². The predicted molar refractivity (Wildman–Crippen MR) is 78.4 cm³/mol. The summed E-state index contributed by atoms with van der Waals surface area (Å²) >= 11 is 0. The van der Waals surface area contributed by atoms with Gasteiger partial charge in [-0.1, -0.05) is 12.1 Å². The summed E-state index contributed by atoms with van der Waals surface area (Å²) in [7, 11) is 1.64. The Labute approximate surface area is 119 Å². The van der Waals surface area contributed by atoms with Gasteiger partial charge < -0.3 is 19.2 Å². The first kappa shape index (κ1) is 14.5. The predicted octanol–water partition coefficient (Wildman–Crippen LogP) is 2.89. The summed E-state index contributed by atoms with van der Waals surface area (Å²) in [5.74, 6) is 2.53. The van der Waals surface area contributed by atoms with Crippen LogP contribution in [-0.4, -0.2) is 26.3 Å². The maximum Gasteiger partial charge on any atom is 0.161 e. The zero-order valence-electron chi connectivity index (χ0n) is 12.0. The molecule has 0 fully saturated rings. The highest BCUT2D eigenvalue weighted by Crippen LogP contribution is 2.25. The summed E-state index contributed by atoms with van der Waals surface area (Å²) in [5, 5.41) is 3.40. The van der Waals surface area contributed by atoms with E-state index in [0.717, 1.165) is 30.2 Å². The number of furan rings is 1. The molecule has 1 unspecified atom stereocenters. The van der Waals surface area contributed by atoms with Crippen molar-refractivity contribution in [3.8, 4) is 11.5 Å². The standard InChI is InChI=1S/C16H21NO3/c1-13(12-14-6-5-10-19-14)17-9-11-20-16-8-4-3-7-15(16)18-2/h3-8,10,13,17H,9,11-12H2,1-2H3. The third-order valence-electron chi connectivity index (χ3n) is 3.01. The van der Waals surface area contributed by atoms with E-state index < -0.39 is 0 Å². The summed E-state index contributed by atoms with van der Waals surface area (Å²) in [6.07, 6.45) is 2.58. The zero-order valence-corrected chi connectivity index (χ0v) is 12.0. The highest BCUT2D eigenvalue weighted by atomic mass is 16.5. The molecule has 2 rings (SSSR count). The number of rotatable bonds is 8. The second kappa shape index (κ2) is 7.60. The molecule has 0 aliphatic carbocycles. The normalized spacial score (nSPS) is 12.1. The minimum atomic E-state index is 0.349. The molecule has 108 valence electrons. The lowest BCUT2D eigenvalue weighted by molar-refractivity contribution is 0.286. The molecular formula is C16H21NO3. The number of ether oxygens (including phenoxy) is 2. The topological polar surface area (TPSA) is 43.6 Å². The number of hydrogen-bond donors (Lipinski definition) is 1. The smallest absolute Gasteiger partial charge is 0.161 e. The van der Waals surface area contributed by atoms with Crippen LogP contribution in [0, 0.1) is 0 Å². The van der Waals surface area contributed by atoms with E-state index in [-0.39, 0.29) is 0 Å². The molecule has 1 aromatic heterocycles. The van der Waals surface area contributed by atoms with E-state index >= 15 is 0 Å². The Bertz CT molecular complexity index is 496. The van der Waals surface area contributed by atoms with Crippen molar-refractivity contribution in [1.29, 1.82) is 0 Å². The summed E-state index contributed by atoms with van der Waals surface area (Å²) in [6, 6.07) is 11.9. The van der Waals surface area contributed by atoms with E-state index in [1.807, 2.05) is 36.4 Å². The van der Waals surface area contributed by atoms with Gasteiger partial charge in [-0.05, 0) is 31.2 Å². The molecule has 1 aromatic carbocycles. The number of para-hydroxylation sites is 2. The maximum absolute atomic E-state index is 5.70. The van der Waals surface area contributed by atoms with E-state index in [0.29, 0.717) is 12.6 Å². The van der Waals surface area contributed by atoms with Crippen LogP contribution in [0.1, 0.15) is 12.7 Å². The Kier molecular flexibility index (Phi) is 5.50. The lowest BCUT2D eigenvalue weighted by atomic mass is 10.2. The van der Waals surface area contributed by atoms with Gasteiger partial charge in [0, 0.05) is 19.0 Å². The molecule has 0 aliphatic rings. The van der Waals surface area contributed by atoms with Gasteiger partial charge in [0.15, 0.2) is 11.5 Å². The Morgan fingerprint density at radius 3 is 2.65 bits per heavy atom. The minimum Gasteiger partial charge on any atom is -0.493 e. The average molecular weight is 275 g/mol. The number of hydrogen-bond acceptors (Lipinski definition) is 4. The van der Waals surface area contributed by atoms with Crippen LogP contribution in [0.15, 0.2) is 47.1 Å². The first-order valence-electron chi connectivity index (χ1n) is 6.81. The molecule has 1 heterocycles. The largest absolute Gasteiger partial charge is 0.493 e. The molecule has 4 nitrogen and oxygen atoms in total. The molecule has 0 radical (unpaired) electrons. The van der Waals surface area contributed by atoms with Crippen LogP contribution >= 0.6 is 0 Å². The van der Waals surface area contributed by atoms with Crippen molar-refractivity contribution in [1.82, 2.24) is 5.32 Å². The third kappa shape index (κ3) is 4.31. The minimum absolute atomic E-state index is 0.349. The van der Waals surface area contributed by atoms with Crippen molar-refractivity contribution in [3.05, 3.63) is 48.4 Å². The highest BCUT2D eigenvalue weighted by Gasteiger charge is 2.06. The Morgan fingerprint density at radius 1 is 1.15 bits per heavy atom. The van der Waals surface area contributed by atoms with Crippen LogP contribution in [0.3, 0.4) is 0 Å². The zero-order chi connectivity index (χ0) is 14.2. The average Bonchev–Trinajstić information content (AvgIpc) is 2.97. The molecule has 0 saturated heterocycles. The fraction of sp³-hybridized carbons (Fsp3) is 0.375. The Balaban J connectivity index is 1.68. The van der Waals surface area contributed by atoms with E-state index in [9.17, 15) is 0 Å². The van der Waals surface area contributed by atoms with Crippen LogP contribution in [0.4, 0.5) is 0 Å². The van der Waals surface area contributed by atoms with Crippen molar-refractivity contribution in [3.63, 3.8) is 0 Å². The molecule has 0 saturated carbocycles. The summed E-state index contributed by atoms with van der Waals surface area (Å²) in [5.41, 5.74) is 0. The van der Waals surface area contributed by atoms with Crippen molar-refractivity contribution < 1.29 is 13.9 Å². The summed E-state index contributed by atoms with van der Waals surface area (Å²) in [6.45, 7) is 3.51. The number of methoxy groups -OCH3 is 1. The van der Waals surface area contributed by atoms with Crippen molar-refractivity contribution >= 4 is 0 Å². The maximum atomic E-state index is 5.70. The van der Waals surface area contributed by atoms with Crippen molar-refractivity contribution in [2.45, 2.75) is 19.4 Å². The van der Waals surface area contributed by atoms with Crippen LogP contribution in [0.2, 0.25) is 0 Å². The van der Waals surface area contributed by atoms with E-state index in [1.54, 1.807) is 13.4 Å². The molecule has 0 bridgehead atoms. The monoisotopic (exact) mass is 275 g/mol. The fourth-order valence-electron chi connectivity index (χ4n) is 2.01. The highest BCUT2D eigenvalue weighted by molar-refractivity contribution is 5.39. The molecule has 0 amide bonds. The van der Waals surface area contributed by atoms with E-state index in [1.165, 1.54) is 0 Å². The molecule has 20 heavy (non-hydrogen) atoms. The Hall–Kier alpha value is -1.94. The van der Waals surface area contributed by atoms with E-state index in [4.69, 9.17) is 13.9 Å². The van der Waals surface area contributed by atoms with Crippen LogP contribution < -0.4 is 14.8 Å². The first-order valence-corrected chi connectivity index (χ1v) is 6.81. The fourth-order valence-corrected chi connectivity index (χ4v) is 2.01. The van der Waals surface area contributed by atoms with E-state index in [2.05, 4.69) is 12.2 Å². The second-order valence-corrected chi connectivity index (χ2v) is 4.64. The molecule has 1 atom stereocenters. The summed E-state index contributed by atoms with van der Waals surface area (Å²) in [4.78, 5) is 0. The van der Waals surface area contributed by atoms with Gasteiger partial charge in [0.1, 0.15) is 12.4 Å². The second-order valence-electron chi connectivity index (χ2n) is 4.64. The molecule has 4 heteroatoms. The SMILES string of the molecule is COc1ccccc1OCCNC(C)Cc1ccco1. The summed E-state index contributed by atoms with van der Waals surface area (Å²) < 4.78 is 16.3. The van der Waals surface area contributed by atoms with Gasteiger partial charge in [0.2, 0.25) is 0 Å². The van der Waals surface area contributed by atoms with Gasteiger partial charge in [-0.3, -0.25) is 0 Å². The lowest BCUT2D eigenvalue weighted by Gasteiger charge is -2.14. The molecule has 2 aromatic rings. The van der Waals surface area contributed by atoms with Gasteiger partial charge >= 0.3 is 0 Å². The quantitative estimate of drug-likeness (QED) is 0.752. The number of benzene rings is 1. The molecule has 0 spiro atoms. The van der Waals surface area contributed by atoms with Crippen LogP contribution in [0.5, 0.6) is 11.5 Å². The van der Waals surface area contributed by atoms with Gasteiger partial charge in [-0.2, -0.15) is 0 Å².